The molecular formula is C16H12ClNO2. The molecule has 0 bridgehead atoms. The number of hydrogen-bond acceptors (Lipinski definition) is 3. The van der Waals surface area contributed by atoms with Crippen LogP contribution < -0.4 is 10.1 Å². The molecule has 1 aliphatic rings. The van der Waals surface area contributed by atoms with Crippen LogP contribution in [0.2, 0.25) is 5.02 Å². The molecular weight excluding hydrogens is 274 g/mol. The highest BCUT2D eigenvalue weighted by Gasteiger charge is 2.24. The zero-order chi connectivity index (χ0) is 13.5. The van der Waals surface area contributed by atoms with Crippen molar-refractivity contribution >= 4 is 28.3 Å². The molecule has 2 heterocycles. The van der Waals surface area contributed by atoms with Gasteiger partial charge < -0.3 is 14.5 Å². The Labute approximate surface area is 121 Å². The van der Waals surface area contributed by atoms with Crippen molar-refractivity contribution in [2.75, 3.05) is 11.9 Å². The fraction of sp³-hybridized carbons (Fsp3) is 0.125. The number of hydrogen-bond donors (Lipinski definition) is 1. The summed E-state index contributed by atoms with van der Waals surface area (Å²) >= 11 is 5.97. The Hall–Kier alpha value is -2.13. The van der Waals surface area contributed by atoms with Gasteiger partial charge in [-0.25, -0.2) is 0 Å². The largest absolute Gasteiger partial charge is 0.478 e. The summed E-state index contributed by atoms with van der Waals surface area (Å²) in [6.45, 7) is 0.660. The van der Waals surface area contributed by atoms with Gasteiger partial charge in [0.05, 0.1) is 12.2 Å². The lowest BCUT2D eigenvalue weighted by atomic mass is 10.2. The van der Waals surface area contributed by atoms with E-state index in [0.29, 0.717) is 11.6 Å². The summed E-state index contributed by atoms with van der Waals surface area (Å²) in [7, 11) is 0. The number of para-hydroxylation sites is 1. The summed E-state index contributed by atoms with van der Waals surface area (Å²) in [5.74, 6) is 1.63. The van der Waals surface area contributed by atoms with Crippen LogP contribution in [0.4, 0.5) is 5.69 Å². The number of furan rings is 1. The second kappa shape index (κ2) is 4.46. The third-order valence-corrected chi connectivity index (χ3v) is 3.69. The fourth-order valence-electron chi connectivity index (χ4n) is 2.46. The summed E-state index contributed by atoms with van der Waals surface area (Å²) in [6.07, 6.45) is -0.129. The van der Waals surface area contributed by atoms with Gasteiger partial charge in [-0.1, -0.05) is 29.8 Å². The maximum Gasteiger partial charge on any atom is 0.173 e. The highest BCUT2D eigenvalue weighted by Crippen LogP contribution is 2.37. The lowest BCUT2D eigenvalue weighted by Crippen LogP contribution is -2.23. The minimum atomic E-state index is -0.129. The van der Waals surface area contributed by atoms with Crippen molar-refractivity contribution in [1.29, 1.82) is 0 Å². The van der Waals surface area contributed by atoms with E-state index in [1.165, 1.54) is 0 Å². The number of anilines is 1. The zero-order valence-corrected chi connectivity index (χ0v) is 11.4. The van der Waals surface area contributed by atoms with E-state index in [9.17, 15) is 0 Å². The van der Waals surface area contributed by atoms with Gasteiger partial charge in [-0.15, -0.1) is 0 Å². The van der Waals surface area contributed by atoms with Crippen molar-refractivity contribution in [3.8, 4) is 5.75 Å². The molecule has 0 amide bonds. The Kier molecular flexibility index (Phi) is 2.60. The second-order valence-corrected chi connectivity index (χ2v) is 5.25. The van der Waals surface area contributed by atoms with E-state index in [4.69, 9.17) is 20.8 Å². The molecule has 0 fully saturated rings. The Morgan fingerprint density at radius 1 is 1.10 bits per heavy atom. The number of fused-ring (bicyclic) bond motifs is 2. The monoisotopic (exact) mass is 285 g/mol. The first kappa shape index (κ1) is 11.7. The minimum Gasteiger partial charge on any atom is -0.478 e. The van der Waals surface area contributed by atoms with Crippen molar-refractivity contribution in [2.24, 2.45) is 0 Å². The standard InChI is InChI=1S/C16H12ClNO2/c17-11-5-6-14-12(8-11)18-9-16(20-14)15-7-10-3-1-2-4-13(10)19-15/h1-8,16,18H,9H2. The van der Waals surface area contributed by atoms with E-state index in [1.54, 1.807) is 0 Å². The van der Waals surface area contributed by atoms with Crippen LogP contribution in [0, 0.1) is 0 Å². The normalized spacial score (nSPS) is 17.4. The van der Waals surface area contributed by atoms with Gasteiger partial charge in [-0.2, -0.15) is 0 Å². The first-order valence-corrected chi connectivity index (χ1v) is 6.86. The summed E-state index contributed by atoms with van der Waals surface area (Å²) in [4.78, 5) is 0. The second-order valence-electron chi connectivity index (χ2n) is 4.81. The molecule has 1 aromatic heterocycles. The number of rotatable bonds is 1. The van der Waals surface area contributed by atoms with Crippen LogP contribution in [-0.4, -0.2) is 6.54 Å². The molecule has 1 N–H and O–H groups in total. The molecule has 3 aromatic rings. The first-order chi connectivity index (χ1) is 9.79. The van der Waals surface area contributed by atoms with Crippen molar-refractivity contribution < 1.29 is 9.15 Å². The Morgan fingerprint density at radius 2 is 2.00 bits per heavy atom. The summed E-state index contributed by atoms with van der Waals surface area (Å²) in [5, 5.41) is 5.11. The smallest absolute Gasteiger partial charge is 0.173 e. The lowest BCUT2D eigenvalue weighted by molar-refractivity contribution is 0.183. The highest BCUT2D eigenvalue weighted by molar-refractivity contribution is 6.30. The molecule has 0 saturated carbocycles. The number of ether oxygens (including phenoxy) is 1. The van der Waals surface area contributed by atoms with Gasteiger partial charge in [-0.05, 0) is 30.3 Å². The maximum atomic E-state index is 5.99. The van der Waals surface area contributed by atoms with Crippen LogP contribution in [0.25, 0.3) is 11.0 Å². The number of halogens is 1. The van der Waals surface area contributed by atoms with E-state index in [-0.39, 0.29) is 6.10 Å². The lowest BCUT2D eigenvalue weighted by Gasteiger charge is -2.26. The van der Waals surface area contributed by atoms with Crippen molar-refractivity contribution in [2.45, 2.75) is 6.10 Å². The van der Waals surface area contributed by atoms with E-state index in [1.807, 2.05) is 48.5 Å². The van der Waals surface area contributed by atoms with Gasteiger partial charge in [-0.3, -0.25) is 0 Å². The van der Waals surface area contributed by atoms with E-state index in [0.717, 1.165) is 28.2 Å². The van der Waals surface area contributed by atoms with Gasteiger partial charge in [0.25, 0.3) is 0 Å². The Morgan fingerprint density at radius 3 is 2.90 bits per heavy atom. The minimum absolute atomic E-state index is 0.129. The van der Waals surface area contributed by atoms with E-state index in [2.05, 4.69) is 5.32 Å². The topological polar surface area (TPSA) is 34.4 Å². The highest BCUT2D eigenvalue weighted by atomic mass is 35.5. The maximum absolute atomic E-state index is 5.99. The summed E-state index contributed by atoms with van der Waals surface area (Å²) in [5.41, 5.74) is 1.80. The quantitative estimate of drug-likeness (QED) is 0.708. The number of benzene rings is 2. The van der Waals surface area contributed by atoms with E-state index < -0.39 is 0 Å². The van der Waals surface area contributed by atoms with Crippen LogP contribution in [-0.2, 0) is 0 Å². The van der Waals surface area contributed by atoms with Gasteiger partial charge in [0, 0.05) is 10.4 Å². The fourth-order valence-corrected chi connectivity index (χ4v) is 2.63. The molecule has 4 heteroatoms. The third kappa shape index (κ3) is 1.91. The number of nitrogens with one attached hydrogen (secondary N) is 1. The average Bonchev–Trinajstić information content (AvgIpc) is 2.90. The predicted octanol–water partition coefficient (Wildman–Crippen LogP) is 4.63. The molecule has 20 heavy (non-hydrogen) atoms. The Balaban J connectivity index is 1.69. The van der Waals surface area contributed by atoms with Crippen molar-refractivity contribution in [3.05, 3.63) is 59.3 Å². The molecule has 0 saturated heterocycles. The molecule has 100 valence electrons. The van der Waals surface area contributed by atoms with Gasteiger partial charge in [0.1, 0.15) is 17.1 Å². The Bertz CT molecular complexity index is 748. The molecule has 2 aromatic carbocycles. The van der Waals surface area contributed by atoms with Crippen LogP contribution in [0.5, 0.6) is 5.75 Å². The average molecular weight is 286 g/mol. The van der Waals surface area contributed by atoms with Crippen LogP contribution in [0.1, 0.15) is 11.9 Å². The summed E-state index contributed by atoms with van der Waals surface area (Å²) < 4.78 is 11.8. The predicted molar refractivity (Wildman–Crippen MR) is 79.5 cm³/mol. The zero-order valence-electron chi connectivity index (χ0n) is 10.6. The van der Waals surface area contributed by atoms with Crippen LogP contribution in [0.3, 0.4) is 0 Å². The molecule has 1 atom stereocenters. The van der Waals surface area contributed by atoms with Crippen molar-refractivity contribution in [1.82, 2.24) is 0 Å². The summed E-state index contributed by atoms with van der Waals surface area (Å²) in [6, 6.07) is 15.6. The first-order valence-electron chi connectivity index (χ1n) is 6.48. The molecule has 0 spiro atoms. The van der Waals surface area contributed by atoms with E-state index >= 15 is 0 Å². The van der Waals surface area contributed by atoms with Gasteiger partial charge in [0.2, 0.25) is 0 Å². The van der Waals surface area contributed by atoms with Gasteiger partial charge in [0.15, 0.2) is 6.10 Å². The molecule has 4 rings (SSSR count). The van der Waals surface area contributed by atoms with Gasteiger partial charge >= 0.3 is 0 Å². The van der Waals surface area contributed by atoms with Crippen LogP contribution >= 0.6 is 11.6 Å². The molecule has 1 aliphatic heterocycles. The SMILES string of the molecule is Clc1ccc2c(c1)NCC(c1cc3ccccc3o1)O2. The molecule has 3 nitrogen and oxygen atoms in total. The molecule has 0 radical (unpaired) electrons. The molecule has 0 aliphatic carbocycles. The molecule has 1 unspecified atom stereocenters. The van der Waals surface area contributed by atoms with Crippen LogP contribution in [0.15, 0.2) is 52.9 Å². The van der Waals surface area contributed by atoms with Crippen molar-refractivity contribution in [3.63, 3.8) is 0 Å². The third-order valence-electron chi connectivity index (χ3n) is 3.45.